The molecule has 1 unspecified atom stereocenters. The number of alkyl halides is 1. The Kier molecular flexibility index (Phi) is 6.02. The van der Waals surface area contributed by atoms with Crippen molar-refractivity contribution < 1.29 is 15.0 Å². The predicted octanol–water partition coefficient (Wildman–Crippen LogP) is 2.85. The zero-order chi connectivity index (χ0) is 12.8. The first-order valence-corrected chi connectivity index (χ1v) is 7.58. The quantitative estimate of drug-likeness (QED) is 0.625. The number of aliphatic hydroxyl groups is 1. The fourth-order valence-corrected chi connectivity index (χ4v) is 2.45. The highest BCUT2D eigenvalue weighted by molar-refractivity contribution is 9.09. The van der Waals surface area contributed by atoms with E-state index in [4.69, 9.17) is 5.11 Å². The molecule has 0 aromatic heterocycles. The molecule has 0 amide bonds. The lowest BCUT2D eigenvalue weighted by molar-refractivity contribution is -0.147. The molecule has 0 bridgehead atoms. The zero-order valence-corrected chi connectivity index (χ0v) is 11.9. The van der Waals surface area contributed by atoms with Crippen LogP contribution in [0.5, 0.6) is 0 Å². The summed E-state index contributed by atoms with van der Waals surface area (Å²) in [6.45, 7) is 0. The van der Waals surface area contributed by atoms with Crippen LogP contribution in [0, 0.1) is 0 Å². The van der Waals surface area contributed by atoms with E-state index < -0.39 is 12.1 Å². The number of hydrogen-bond acceptors (Lipinski definition) is 3. The fraction of sp³-hybridized carbons (Fsp3) is 0.417. The molecule has 0 radical (unpaired) electrons. The minimum atomic E-state index is -1.44. The lowest BCUT2D eigenvalue weighted by Crippen LogP contribution is -2.12. The van der Waals surface area contributed by atoms with Gasteiger partial charge >= 0.3 is 5.97 Å². The van der Waals surface area contributed by atoms with E-state index in [2.05, 4.69) is 15.9 Å². The van der Waals surface area contributed by atoms with E-state index in [1.54, 1.807) is 6.07 Å². The maximum absolute atomic E-state index is 10.8. The van der Waals surface area contributed by atoms with Crippen LogP contribution in [0.15, 0.2) is 23.1 Å². The number of halogens is 1. The number of aryl methyl sites for hydroxylation is 1. The standard InChI is InChI=1S/C12H15BrO3S/c1-17-10-5-4-8(3-2-6-13)7-9(10)11(14)12(15)16/h4-5,7,11,14H,2-3,6H2,1H3,(H,15,16). The summed E-state index contributed by atoms with van der Waals surface area (Å²) < 4.78 is 0. The number of aliphatic carboxylic acids is 1. The van der Waals surface area contributed by atoms with E-state index in [1.165, 1.54) is 11.8 Å². The fourth-order valence-electron chi connectivity index (χ4n) is 1.56. The molecule has 1 atom stereocenters. The van der Waals surface area contributed by atoms with Crippen molar-refractivity contribution in [2.45, 2.75) is 23.8 Å². The van der Waals surface area contributed by atoms with Gasteiger partial charge in [-0.3, -0.25) is 0 Å². The second-order valence-corrected chi connectivity index (χ2v) is 5.25. The number of carboxylic acid groups (broad SMARTS) is 1. The lowest BCUT2D eigenvalue weighted by Gasteiger charge is -2.12. The molecule has 0 heterocycles. The number of carboxylic acids is 1. The molecule has 17 heavy (non-hydrogen) atoms. The average molecular weight is 319 g/mol. The molecule has 0 saturated carbocycles. The molecule has 2 N–H and O–H groups in total. The first-order chi connectivity index (χ1) is 8.10. The van der Waals surface area contributed by atoms with Gasteiger partial charge in [0.2, 0.25) is 0 Å². The third kappa shape index (κ3) is 4.01. The van der Waals surface area contributed by atoms with Gasteiger partial charge < -0.3 is 10.2 Å². The van der Waals surface area contributed by atoms with Crippen LogP contribution in [-0.4, -0.2) is 27.8 Å². The van der Waals surface area contributed by atoms with E-state index in [1.807, 2.05) is 18.4 Å². The summed E-state index contributed by atoms with van der Waals surface area (Å²) >= 11 is 4.80. The Morgan fingerprint density at radius 2 is 2.24 bits per heavy atom. The second kappa shape index (κ2) is 7.03. The van der Waals surface area contributed by atoms with Crippen LogP contribution >= 0.6 is 27.7 Å². The summed E-state index contributed by atoms with van der Waals surface area (Å²) in [4.78, 5) is 11.6. The third-order valence-electron chi connectivity index (χ3n) is 2.42. The molecular formula is C12H15BrO3S. The molecule has 0 aliphatic rings. The maximum atomic E-state index is 10.8. The van der Waals surface area contributed by atoms with Gasteiger partial charge in [0.25, 0.3) is 0 Å². The summed E-state index contributed by atoms with van der Waals surface area (Å²) in [6.07, 6.45) is 2.29. The average Bonchev–Trinajstić information content (AvgIpc) is 2.34. The first-order valence-electron chi connectivity index (χ1n) is 5.23. The maximum Gasteiger partial charge on any atom is 0.337 e. The number of thioether (sulfide) groups is 1. The Hall–Kier alpha value is -0.520. The highest BCUT2D eigenvalue weighted by atomic mass is 79.9. The van der Waals surface area contributed by atoms with Gasteiger partial charge in [0.1, 0.15) is 0 Å². The van der Waals surface area contributed by atoms with Crippen molar-refractivity contribution in [1.82, 2.24) is 0 Å². The largest absolute Gasteiger partial charge is 0.479 e. The van der Waals surface area contributed by atoms with Crippen LogP contribution in [0.1, 0.15) is 23.7 Å². The van der Waals surface area contributed by atoms with Gasteiger partial charge in [-0.15, -0.1) is 11.8 Å². The number of rotatable bonds is 6. The Labute approximate surface area is 113 Å². The summed E-state index contributed by atoms with van der Waals surface area (Å²) in [5, 5.41) is 19.4. The number of carbonyl (C=O) groups is 1. The molecule has 0 aliphatic carbocycles. The van der Waals surface area contributed by atoms with Crippen LogP contribution in [0.3, 0.4) is 0 Å². The van der Waals surface area contributed by atoms with Gasteiger partial charge in [0.05, 0.1) is 0 Å². The molecule has 1 rings (SSSR count). The van der Waals surface area contributed by atoms with Crippen molar-refractivity contribution in [3.63, 3.8) is 0 Å². The topological polar surface area (TPSA) is 57.5 Å². The van der Waals surface area contributed by atoms with Crippen LogP contribution in [0.2, 0.25) is 0 Å². The Morgan fingerprint density at radius 1 is 1.53 bits per heavy atom. The molecule has 5 heteroatoms. The normalized spacial score (nSPS) is 12.4. The Morgan fingerprint density at radius 3 is 2.76 bits per heavy atom. The summed E-state index contributed by atoms with van der Waals surface area (Å²) in [6, 6.07) is 5.63. The summed E-state index contributed by atoms with van der Waals surface area (Å²) in [7, 11) is 0. The second-order valence-electron chi connectivity index (χ2n) is 3.61. The van der Waals surface area contributed by atoms with Crippen LogP contribution in [-0.2, 0) is 11.2 Å². The van der Waals surface area contributed by atoms with Crippen molar-refractivity contribution in [2.75, 3.05) is 11.6 Å². The highest BCUT2D eigenvalue weighted by Gasteiger charge is 2.19. The van der Waals surface area contributed by atoms with Gasteiger partial charge in [-0.1, -0.05) is 28.1 Å². The third-order valence-corrected chi connectivity index (χ3v) is 3.79. The minimum Gasteiger partial charge on any atom is -0.479 e. The van der Waals surface area contributed by atoms with Gasteiger partial charge in [0.15, 0.2) is 6.10 Å². The Bertz CT molecular complexity index is 395. The van der Waals surface area contributed by atoms with E-state index in [0.29, 0.717) is 5.56 Å². The summed E-state index contributed by atoms with van der Waals surface area (Å²) in [5.74, 6) is -1.21. The Balaban J connectivity index is 3.01. The monoisotopic (exact) mass is 318 g/mol. The highest BCUT2D eigenvalue weighted by Crippen LogP contribution is 2.27. The SMILES string of the molecule is CSc1ccc(CCCBr)cc1C(O)C(=O)O. The van der Waals surface area contributed by atoms with Crippen molar-refractivity contribution in [3.05, 3.63) is 29.3 Å². The smallest absolute Gasteiger partial charge is 0.337 e. The molecule has 1 aromatic carbocycles. The van der Waals surface area contributed by atoms with E-state index in [0.717, 1.165) is 28.6 Å². The van der Waals surface area contributed by atoms with Gasteiger partial charge in [0, 0.05) is 15.8 Å². The predicted molar refractivity (Wildman–Crippen MR) is 72.9 cm³/mol. The van der Waals surface area contributed by atoms with E-state index in [9.17, 15) is 9.90 Å². The first kappa shape index (κ1) is 14.5. The minimum absolute atomic E-state index is 0.483. The number of hydrogen-bond donors (Lipinski definition) is 2. The number of benzene rings is 1. The lowest BCUT2D eigenvalue weighted by atomic mass is 10.0. The van der Waals surface area contributed by atoms with Crippen LogP contribution < -0.4 is 0 Å². The van der Waals surface area contributed by atoms with E-state index in [-0.39, 0.29) is 0 Å². The molecule has 0 saturated heterocycles. The zero-order valence-electron chi connectivity index (χ0n) is 9.52. The number of aliphatic hydroxyl groups excluding tert-OH is 1. The molecule has 0 spiro atoms. The molecule has 3 nitrogen and oxygen atoms in total. The summed E-state index contributed by atoms with van der Waals surface area (Å²) in [5.41, 5.74) is 1.54. The molecule has 1 aromatic rings. The van der Waals surface area contributed by atoms with Crippen molar-refractivity contribution in [3.8, 4) is 0 Å². The van der Waals surface area contributed by atoms with Crippen molar-refractivity contribution in [2.24, 2.45) is 0 Å². The van der Waals surface area contributed by atoms with Gasteiger partial charge in [-0.05, 0) is 30.7 Å². The van der Waals surface area contributed by atoms with Crippen LogP contribution in [0.25, 0.3) is 0 Å². The van der Waals surface area contributed by atoms with Gasteiger partial charge in [-0.25, -0.2) is 4.79 Å². The molecular weight excluding hydrogens is 304 g/mol. The van der Waals surface area contributed by atoms with Crippen LogP contribution in [0.4, 0.5) is 0 Å². The molecule has 0 aliphatic heterocycles. The van der Waals surface area contributed by atoms with E-state index >= 15 is 0 Å². The molecule has 0 fully saturated rings. The molecule has 94 valence electrons. The van der Waals surface area contributed by atoms with Crippen molar-refractivity contribution >= 4 is 33.7 Å². The van der Waals surface area contributed by atoms with Crippen molar-refractivity contribution in [1.29, 1.82) is 0 Å². The van der Waals surface area contributed by atoms with Gasteiger partial charge in [-0.2, -0.15) is 0 Å².